The SMILES string of the molecule is CCc1c(C)cc2c(F)c(Cl)ccc2c1OS(=O)(=O)C(F)(F)F. The van der Waals surface area contributed by atoms with E-state index in [1.165, 1.54) is 19.1 Å². The summed E-state index contributed by atoms with van der Waals surface area (Å²) in [6.07, 6.45) is 0.203. The maximum absolute atomic E-state index is 14.1. The van der Waals surface area contributed by atoms with Crippen molar-refractivity contribution >= 4 is 32.5 Å². The van der Waals surface area contributed by atoms with Gasteiger partial charge in [0.2, 0.25) is 0 Å². The second kappa shape index (κ2) is 5.83. The predicted octanol–water partition coefficient (Wildman–Crippen LogP) is 4.73. The topological polar surface area (TPSA) is 43.4 Å². The van der Waals surface area contributed by atoms with Crippen molar-refractivity contribution in [3.05, 3.63) is 40.2 Å². The van der Waals surface area contributed by atoms with E-state index in [0.717, 1.165) is 6.07 Å². The molecule has 2 aromatic carbocycles. The zero-order valence-electron chi connectivity index (χ0n) is 12.0. The Hall–Kier alpha value is -1.54. The second-order valence-electron chi connectivity index (χ2n) is 4.79. The van der Waals surface area contributed by atoms with E-state index in [-0.39, 0.29) is 27.8 Å². The lowest BCUT2D eigenvalue weighted by Gasteiger charge is -2.17. The average Bonchev–Trinajstić information content (AvgIpc) is 2.42. The molecule has 9 heteroatoms. The number of fused-ring (bicyclic) bond motifs is 1. The summed E-state index contributed by atoms with van der Waals surface area (Å²) in [4.78, 5) is 0. The van der Waals surface area contributed by atoms with Crippen molar-refractivity contribution in [3.63, 3.8) is 0 Å². The standard InChI is InChI=1S/C14H11ClF4O3S/c1-3-8-7(2)6-10-9(4-5-11(15)12(10)16)13(8)22-23(20,21)14(17,18)19/h4-6H,3H2,1-2H3. The van der Waals surface area contributed by atoms with E-state index in [9.17, 15) is 26.0 Å². The van der Waals surface area contributed by atoms with Gasteiger partial charge in [0, 0.05) is 10.8 Å². The Labute approximate surface area is 134 Å². The fourth-order valence-corrected chi connectivity index (χ4v) is 2.91. The zero-order chi connectivity index (χ0) is 17.6. The molecule has 23 heavy (non-hydrogen) atoms. The van der Waals surface area contributed by atoms with Crippen LogP contribution >= 0.6 is 11.6 Å². The highest BCUT2D eigenvalue weighted by molar-refractivity contribution is 7.88. The molecule has 0 aliphatic rings. The average molecular weight is 371 g/mol. The van der Waals surface area contributed by atoms with Gasteiger partial charge in [0.1, 0.15) is 5.82 Å². The van der Waals surface area contributed by atoms with Crippen LogP contribution in [0.4, 0.5) is 17.6 Å². The van der Waals surface area contributed by atoms with Gasteiger partial charge >= 0.3 is 15.6 Å². The van der Waals surface area contributed by atoms with Crippen molar-refractivity contribution in [1.82, 2.24) is 0 Å². The molecular weight excluding hydrogens is 360 g/mol. The van der Waals surface area contributed by atoms with Crippen LogP contribution in [-0.4, -0.2) is 13.9 Å². The molecule has 2 rings (SSSR count). The number of hydrogen-bond acceptors (Lipinski definition) is 3. The van der Waals surface area contributed by atoms with Gasteiger partial charge in [0.25, 0.3) is 0 Å². The van der Waals surface area contributed by atoms with Crippen molar-refractivity contribution in [2.75, 3.05) is 0 Å². The summed E-state index contributed by atoms with van der Waals surface area (Å²) in [5.41, 5.74) is -4.94. The summed E-state index contributed by atoms with van der Waals surface area (Å²) >= 11 is 5.66. The summed E-state index contributed by atoms with van der Waals surface area (Å²) < 4.78 is 78.8. The van der Waals surface area contributed by atoms with E-state index < -0.39 is 27.2 Å². The minimum absolute atomic E-state index is 0.0952. The van der Waals surface area contributed by atoms with Gasteiger partial charge in [-0.05, 0) is 42.7 Å². The summed E-state index contributed by atoms with van der Waals surface area (Å²) in [6, 6.07) is 3.74. The number of aryl methyl sites for hydroxylation is 1. The fourth-order valence-electron chi connectivity index (χ4n) is 2.24. The van der Waals surface area contributed by atoms with Crippen LogP contribution in [0.3, 0.4) is 0 Å². The Kier molecular flexibility index (Phi) is 4.51. The van der Waals surface area contributed by atoms with Crippen LogP contribution in [0.25, 0.3) is 10.8 Å². The molecule has 0 aliphatic heterocycles. The molecular formula is C14H11ClF4O3S. The van der Waals surface area contributed by atoms with Gasteiger partial charge in [-0.1, -0.05) is 18.5 Å². The van der Waals surface area contributed by atoms with E-state index in [1.807, 2.05) is 0 Å². The molecule has 0 aromatic heterocycles. The second-order valence-corrected chi connectivity index (χ2v) is 6.74. The van der Waals surface area contributed by atoms with E-state index in [1.54, 1.807) is 6.92 Å². The molecule has 0 spiro atoms. The maximum Gasteiger partial charge on any atom is 0.534 e. The van der Waals surface area contributed by atoms with Gasteiger partial charge in [-0.2, -0.15) is 21.6 Å². The summed E-state index contributed by atoms with van der Waals surface area (Å²) in [7, 11) is -5.87. The van der Waals surface area contributed by atoms with Crippen molar-refractivity contribution in [2.45, 2.75) is 25.8 Å². The first kappa shape index (κ1) is 17.8. The molecule has 0 saturated heterocycles. The van der Waals surface area contributed by atoms with Crippen LogP contribution < -0.4 is 4.18 Å². The number of rotatable bonds is 3. The van der Waals surface area contributed by atoms with Crippen LogP contribution in [0.2, 0.25) is 5.02 Å². The number of alkyl halides is 3. The number of benzene rings is 2. The Bertz CT molecular complexity index is 876. The molecule has 2 aromatic rings. The van der Waals surface area contributed by atoms with Gasteiger partial charge in [-0.15, -0.1) is 0 Å². The predicted molar refractivity (Wildman–Crippen MR) is 78.6 cm³/mol. The van der Waals surface area contributed by atoms with Crippen molar-refractivity contribution in [1.29, 1.82) is 0 Å². The normalized spacial score (nSPS) is 12.7. The summed E-state index contributed by atoms with van der Waals surface area (Å²) in [5.74, 6) is -1.39. The molecule has 0 N–H and O–H groups in total. The molecule has 0 unspecified atom stereocenters. The highest BCUT2D eigenvalue weighted by Gasteiger charge is 2.49. The Morgan fingerprint density at radius 1 is 1.22 bits per heavy atom. The molecule has 0 saturated carbocycles. The molecule has 0 radical (unpaired) electrons. The van der Waals surface area contributed by atoms with Crippen molar-refractivity contribution in [3.8, 4) is 5.75 Å². The van der Waals surface area contributed by atoms with Gasteiger partial charge in [0.05, 0.1) is 5.02 Å². The van der Waals surface area contributed by atoms with Crippen LogP contribution in [0.5, 0.6) is 5.75 Å². The Balaban J connectivity index is 2.83. The van der Waals surface area contributed by atoms with E-state index in [0.29, 0.717) is 5.56 Å². The monoisotopic (exact) mass is 370 g/mol. The molecule has 0 atom stereocenters. The molecule has 0 amide bonds. The van der Waals surface area contributed by atoms with Crippen LogP contribution in [0.1, 0.15) is 18.1 Å². The van der Waals surface area contributed by atoms with Crippen molar-refractivity contribution in [2.24, 2.45) is 0 Å². The molecule has 0 aliphatic carbocycles. The highest BCUT2D eigenvalue weighted by atomic mass is 35.5. The first-order valence-corrected chi connectivity index (χ1v) is 8.19. The lowest BCUT2D eigenvalue weighted by molar-refractivity contribution is -0.0499. The van der Waals surface area contributed by atoms with E-state index in [4.69, 9.17) is 11.6 Å². The zero-order valence-corrected chi connectivity index (χ0v) is 13.5. The van der Waals surface area contributed by atoms with Crippen molar-refractivity contribution < 1.29 is 30.2 Å². The fraction of sp³-hybridized carbons (Fsp3) is 0.286. The lowest BCUT2D eigenvalue weighted by Crippen LogP contribution is -2.28. The number of halogens is 5. The van der Waals surface area contributed by atoms with Gasteiger partial charge in [-0.25, -0.2) is 4.39 Å². The van der Waals surface area contributed by atoms with E-state index >= 15 is 0 Å². The summed E-state index contributed by atoms with van der Waals surface area (Å²) in [5, 5.41) is -0.437. The van der Waals surface area contributed by atoms with Gasteiger partial charge in [-0.3, -0.25) is 0 Å². The van der Waals surface area contributed by atoms with Crippen LogP contribution in [0, 0.1) is 12.7 Å². The molecule has 3 nitrogen and oxygen atoms in total. The maximum atomic E-state index is 14.1. The van der Waals surface area contributed by atoms with Gasteiger partial charge < -0.3 is 4.18 Å². The quantitative estimate of drug-likeness (QED) is 0.445. The van der Waals surface area contributed by atoms with Crippen LogP contribution in [-0.2, 0) is 16.5 Å². The number of hydrogen-bond donors (Lipinski definition) is 0. The lowest BCUT2D eigenvalue weighted by atomic mass is 9.98. The molecule has 0 bridgehead atoms. The van der Waals surface area contributed by atoms with Gasteiger partial charge in [0.15, 0.2) is 5.75 Å². The minimum Gasteiger partial charge on any atom is -0.375 e. The third kappa shape index (κ3) is 3.10. The third-order valence-corrected chi connectivity index (χ3v) is 4.56. The minimum atomic E-state index is -5.87. The molecule has 126 valence electrons. The first-order chi connectivity index (χ1) is 10.5. The largest absolute Gasteiger partial charge is 0.534 e. The summed E-state index contributed by atoms with van der Waals surface area (Å²) in [6.45, 7) is 3.14. The first-order valence-electron chi connectivity index (χ1n) is 6.40. The molecule has 0 heterocycles. The third-order valence-electron chi connectivity index (χ3n) is 3.32. The Morgan fingerprint density at radius 2 is 1.83 bits per heavy atom. The van der Waals surface area contributed by atoms with E-state index in [2.05, 4.69) is 4.18 Å². The highest BCUT2D eigenvalue weighted by Crippen LogP contribution is 2.39. The Morgan fingerprint density at radius 3 is 2.35 bits per heavy atom. The van der Waals surface area contributed by atoms with Crippen LogP contribution in [0.15, 0.2) is 18.2 Å². The molecule has 0 fully saturated rings. The smallest absolute Gasteiger partial charge is 0.375 e.